The Hall–Kier alpha value is -0.960. The van der Waals surface area contributed by atoms with Gasteiger partial charge >= 0.3 is 0 Å². The number of Topliss-reactive ketones (excluding diaryl/α,β-unsaturated/α-hetero) is 1. The van der Waals surface area contributed by atoms with Gasteiger partial charge in [0.25, 0.3) is 0 Å². The number of carbonyl (C=O) groups excluding carboxylic acids is 1. The maximum absolute atomic E-state index is 12.9. The number of fused-ring (bicyclic) bond motifs is 2. The summed E-state index contributed by atoms with van der Waals surface area (Å²) in [6, 6.07) is 6.04. The summed E-state index contributed by atoms with van der Waals surface area (Å²) in [5.41, 5.74) is 3.06. The Kier molecular flexibility index (Phi) is 3.80. The molecule has 2 atom stereocenters. The summed E-state index contributed by atoms with van der Waals surface area (Å²) in [4.78, 5) is 12.9. The number of benzene rings is 1. The van der Waals surface area contributed by atoms with E-state index in [9.17, 15) is 9.00 Å². The Morgan fingerprint density at radius 3 is 2.20 bits per heavy atom. The molecule has 1 aromatic rings. The van der Waals surface area contributed by atoms with Crippen molar-refractivity contribution in [3.8, 4) is 0 Å². The second-order valence-electron chi connectivity index (χ2n) is 6.30. The SMILES string of the molecule is Cc1cccc(C)c1C(=O)C1CC2CCCC(C1)S2=O. The van der Waals surface area contributed by atoms with Crippen LogP contribution >= 0.6 is 0 Å². The molecule has 108 valence electrons. The average Bonchev–Trinajstić information content (AvgIpc) is 2.37. The quantitative estimate of drug-likeness (QED) is 0.780. The van der Waals surface area contributed by atoms with E-state index in [4.69, 9.17) is 0 Å². The van der Waals surface area contributed by atoms with Crippen LogP contribution in [0.2, 0.25) is 0 Å². The summed E-state index contributed by atoms with van der Waals surface area (Å²) < 4.78 is 12.2. The third kappa shape index (κ3) is 2.37. The summed E-state index contributed by atoms with van der Waals surface area (Å²) in [7, 11) is -0.693. The highest BCUT2D eigenvalue weighted by atomic mass is 32.2. The molecule has 0 N–H and O–H groups in total. The number of carbonyl (C=O) groups is 1. The molecule has 2 heterocycles. The van der Waals surface area contributed by atoms with E-state index < -0.39 is 10.8 Å². The standard InChI is InChI=1S/C17H22O2S/c1-11-5-3-6-12(2)16(11)17(18)13-9-14-7-4-8-15(10-13)20(14)19/h3,5-6,13-15H,4,7-10H2,1-2H3. The van der Waals surface area contributed by atoms with Gasteiger partial charge in [-0.05, 0) is 50.7 Å². The minimum atomic E-state index is -0.693. The molecule has 3 rings (SSSR count). The first kappa shape index (κ1) is 14.0. The zero-order valence-electron chi connectivity index (χ0n) is 12.2. The molecule has 0 aliphatic carbocycles. The van der Waals surface area contributed by atoms with Crippen LogP contribution in [0.15, 0.2) is 18.2 Å². The lowest BCUT2D eigenvalue weighted by Crippen LogP contribution is -2.41. The monoisotopic (exact) mass is 290 g/mol. The van der Waals surface area contributed by atoms with Crippen molar-refractivity contribution in [2.45, 2.75) is 56.5 Å². The van der Waals surface area contributed by atoms with E-state index in [0.717, 1.165) is 42.4 Å². The van der Waals surface area contributed by atoms with E-state index in [1.165, 1.54) is 6.42 Å². The van der Waals surface area contributed by atoms with Crippen LogP contribution < -0.4 is 0 Å². The van der Waals surface area contributed by atoms with Crippen molar-refractivity contribution in [3.63, 3.8) is 0 Å². The highest BCUT2D eigenvalue weighted by Crippen LogP contribution is 2.38. The highest BCUT2D eigenvalue weighted by molar-refractivity contribution is 7.86. The van der Waals surface area contributed by atoms with Gasteiger partial charge in [-0.15, -0.1) is 0 Å². The van der Waals surface area contributed by atoms with Crippen LogP contribution in [0.5, 0.6) is 0 Å². The smallest absolute Gasteiger partial charge is 0.166 e. The summed E-state index contributed by atoms with van der Waals surface area (Å²) in [5.74, 6) is 0.372. The van der Waals surface area contributed by atoms with Crippen molar-refractivity contribution >= 4 is 16.6 Å². The van der Waals surface area contributed by atoms with E-state index in [2.05, 4.69) is 0 Å². The summed E-state index contributed by atoms with van der Waals surface area (Å²) >= 11 is 0. The first-order valence-corrected chi connectivity index (χ1v) is 8.85. The van der Waals surface area contributed by atoms with Crippen LogP contribution in [0.1, 0.15) is 53.6 Å². The molecule has 2 fully saturated rings. The van der Waals surface area contributed by atoms with E-state index in [1.54, 1.807) is 0 Å². The largest absolute Gasteiger partial charge is 0.294 e. The van der Waals surface area contributed by atoms with Gasteiger partial charge in [0.2, 0.25) is 0 Å². The molecule has 0 amide bonds. The van der Waals surface area contributed by atoms with Gasteiger partial charge in [0.05, 0.1) is 0 Å². The second-order valence-corrected chi connectivity index (χ2v) is 8.29. The van der Waals surface area contributed by atoms with Gasteiger partial charge in [0.15, 0.2) is 5.78 Å². The first-order chi connectivity index (χ1) is 9.58. The van der Waals surface area contributed by atoms with Crippen molar-refractivity contribution in [2.75, 3.05) is 0 Å². The summed E-state index contributed by atoms with van der Waals surface area (Å²) in [6.07, 6.45) is 4.93. The molecule has 0 spiro atoms. The Balaban J connectivity index is 1.87. The first-order valence-electron chi connectivity index (χ1n) is 7.57. The topological polar surface area (TPSA) is 34.1 Å². The number of hydrogen-bond donors (Lipinski definition) is 0. The number of aryl methyl sites for hydroxylation is 2. The number of hydrogen-bond acceptors (Lipinski definition) is 2. The van der Waals surface area contributed by atoms with Crippen molar-refractivity contribution in [3.05, 3.63) is 34.9 Å². The lowest BCUT2D eigenvalue weighted by molar-refractivity contribution is 0.0894. The van der Waals surface area contributed by atoms with E-state index in [1.807, 2.05) is 32.0 Å². The third-order valence-electron chi connectivity index (χ3n) is 4.90. The second kappa shape index (κ2) is 5.44. The van der Waals surface area contributed by atoms with Gasteiger partial charge in [-0.1, -0.05) is 24.6 Å². The molecule has 2 bridgehead atoms. The minimum absolute atomic E-state index is 0.0859. The van der Waals surface area contributed by atoms with Gasteiger partial charge in [-0.25, -0.2) is 0 Å². The van der Waals surface area contributed by atoms with Crippen LogP contribution in [0, 0.1) is 19.8 Å². The fourth-order valence-corrected chi connectivity index (χ4v) is 6.04. The zero-order chi connectivity index (χ0) is 14.3. The summed E-state index contributed by atoms with van der Waals surface area (Å²) in [6.45, 7) is 4.03. The van der Waals surface area contributed by atoms with Crippen molar-refractivity contribution in [2.24, 2.45) is 5.92 Å². The van der Waals surface area contributed by atoms with E-state index in [0.29, 0.717) is 0 Å². The Labute approximate surface area is 123 Å². The van der Waals surface area contributed by atoms with Crippen LogP contribution in [-0.4, -0.2) is 20.5 Å². The lowest BCUT2D eigenvalue weighted by Gasteiger charge is -2.37. The van der Waals surface area contributed by atoms with Crippen LogP contribution in [0.25, 0.3) is 0 Å². The van der Waals surface area contributed by atoms with Gasteiger partial charge < -0.3 is 0 Å². The third-order valence-corrected chi connectivity index (χ3v) is 7.07. The van der Waals surface area contributed by atoms with E-state index in [-0.39, 0.29) is 22.2 Å². The van der Waals surface area contributed by atoms with Gasteiger partial charge in [-0.2, -0.15) is 0 Å². The minimum Gasteiger partial charge on any atom is -0.294 e. The van der Waals surface area contributed by atoms with Crippen LogP contribution in [0.4, 0.5) is 0 Å². The number of ketones is 1. The normalized spacial score (nSPS) is 32.9. The van der Waals surface area contributed by atoms with Gasteiger partial charge in [0, 0.05) is 32.8 Å². The predicted octanol–water partition coefficient (Wildman–Crippen LogP) is 3.57. The Bertz CT molecular complexity index is 528. The fraction of sp³-hybridized carbons (Fsp3) is 0.588. The molecule has 1 aromatic carbocycles. The van der Waals surface area contributed by atoms with Crippen molar-refractivity contribution in [1.82, 2.24) is 0 Å². The van der Waals surface area contributed by atoms with Gasteiger partial charge in [-0.3, -0.25) is 9.00 Å². The fourth-order valence-electron chi connectivity index (χ4n) is 3.86. The molecule has 20 heavy (non-hydrogen) atoms. The number of rotatable bonds is 2. The molecular formula is C17H22O2S. The predicted molar refractivity (Wildman–Crippen MR) is 82.5 cm³/mol. The Morgan fingerprint density at radius 2 is 1.65 bits per heavy atom. The molecule has 0 saturated carbocycles. The average molecular weight is 290 g/mol. The van der Waals surface area contributed by atoms with Crippen molar-refractivity contribution < 1.29 is 9.00 Å². The maximum atomic E-state index is 12.9. The molecule has 2 nitrogen and oxygen atoms in total. The van der Waals surface area contributed by atoms with Gasteiger partial charge in [0.1, 0.15) is 0 Å². The molecule has 2 unspecified atom stereocenters. The maximum Gasteiger partial charge on any atom is 0.166 e. The van der Waals surface area contributed by atoms with Crippen LogP contribution in [-0.2, 0) is 10.8 Å². The molecule has 0 radical (unpaired) electrons. The molecule has 2 saturated heterocycles. The Morgan fingerprint density at radius 1 is 1.10 bits per heavy atom. The summed E-state index contributed by atoms with van der Waals surface area (Å²) in [5, 5.41) is 0.529. The molecule has 2 aliphatic heterocycles. The highest BCUT2D eigenvalue weighted by Gasteiger charge is 2.40. The molecule has 2 aliphatic rings. The lowest BCUT2D eigenvalue weighted by atomic mass is 9.82. The molecule has 3 heteroatoms. The molecular weight excluding hydrogens is 268 g/mol. The van der Waals surface area contributed by atoms with E-state index >= 15 is 0 Å². The van der Waals surface area contributed by atoms with Crippen molar-refractivity contribution in [1.29, 1.82) is 0 Å². The zero-order valence-corrected chi connectivity index (χ0v) is 13.0. The van der Waals surface area contributed by atoms with Crippen LogP contribution in [0.3, 0.4) is 0 Å². The molecule has 0 aromatic heterocycles.